The van der Waals surface area contributed by atoms with Crippen LogP contribution in [0.3, 0.4) is 0 Å². The van der Waals surface area contributed by atoms with Gasteiger partial charge in [0, 0.05) is 24.1 Å². The van der Waals surface area contributed by atoms with Crippen molar-refractivity contribution >= 4 is 28.8 Å². The van der Waals surface area contributed by atoms with E-state index in [-0.39, 0.29) is 23.4 Å². The summed E-state index contributed by atoms with van der Waals surface area (Å²) in [5.74, 6) is 0.401. The molecule has 4 aromatic rings. The Morgan fingerprint density at radius 1 is 1.03 bits per heavy atom. The molecule has 0 aliphatic heterocycles. The molecular formula is C23H21N5O3. The summed E-state index contributed by atoms with van der Waals surface area (Å²) in [5.41, 5.74) is 1.77. The lowest BCUT2D eigenvalue weighted by atomic mass is 10.1. The van der Waals surface area contributed by atoms with Crippen LogP contribution in [0.25, 0.3) is 34.5 Å². The van der Waals surface area contributed by atoms with Crippen molar-refractivity contribution in [1.29, 1.82) is 0 Å². The number of amides is 1. The first-order valence-corrected chi connectivity index (χ1v) is 9.83. The summed E-state index contributed by atoms with van der Waals surface area (Å²) in [6.07, 6.45) is 3.50. The first-order valence-electron chi connectivity index (χ1n) is 9.83. The molecule has 0 aliphatic rings. The molecule has 4 rings (SSSR count). The Labute approximate surface area is 178 Å². The number of carbonyl (C=O) groups excluding carboxylic acids is 1. The second-order valence-electron chi connectivity index (χ2n) is 7.22. The number of hydrogen-bond donors (Lipinski definition) is 1. The number of rotatable bonds is 5. The van der Waals surface area contributed by atoms with Crippen LogP contribution in [-0.4, -0.2) is 32.9 Å². The monoisotopic (exact) mass is 415 g/mol. The zero-order chi connectivity index (χ0) is 22.0. The van der Waals surface area contributed by atoms with Crippen LogP contribution in [0.5, 0.6) is 0 Å². The van der Waals surface area contributed by atoms with Gasteiger partial charge in [-0.1, -0.05) is 30.3 Å². The maximum absolute atomic E-state index is 12.7. The minimum Gasteiger partial charge on any atom is -0.415 e. The number of carbonyl (C=O) groups is 1. The number of aromatic nitrogens is 4. The fourth-order valence-corrected chi connectivity index (χ4v) is 3.17. The van der Waals surface area contributed by atoms with Gasteiger partial charge in [-0.05, 0) is 43.7 Å². The Morgan fingerprint density at radius 3 is 2.42 bits per heavy atom. The van der Waals surface area contributed by atoms with Gasteiger partial charge in [-0.3, -0.25) is 9.59 Å². The molecular weight excluding hydrogens is 394 g/mol. The molecule has 0 spiro atoms. The zero-order valence-electron chi connectivity index (χ0n) is 17.4. The third kappa shape index (κ3) is 4.00. The van der Waals surface area contributed by atoms with Crippen LogP contribution in [0.2, 0.25) is 0 Å². The third-order valence-corrected chi connectivity index (χ3v) is 4.78. The molecule has 0 bridgehead atoms. The first kappa shape index (κ1) is 20.2. The third-order valence-electron chi connectivity index (χ3n) is 4.78. The fraction of sp³-hybridized carbons (Fsp3) is 0.174. The normalized spacial score (nSPS) is 11.5. The molecule has 2 aromatic carbocycles. The predicted octanol–water partition coefficient (Wildman–Crippen LogP) is 3.56. The molecule has 0 fully saturated rings. The SMILES string of the molecule is CNC(=O)c1ccc(/C=C/c2nnc(-c3nn(C(C)C)c(=O)c4ccccc34)o2)cc1. The van der Waals surface area contributed by atoms with Crippen molar-refractivity contribution in [2.45, 2.75) is 19.9 Å². The minimum atomic E-state index is -0.158. The molecule has 1 N–H and O–H groups in total. The lowest BCUT2D eigenvalue weighted by Gasteiger charge is -2.11. The summed E-state index contributed by atoms with van der Waals surface area (Å²) in [4.78, 5) is 24.3. The van der Waals surface area contributed by atoms with E-state index >= 15 is 0 Å². The molecule has 0 unspecified atom stereocenters. The van der Waals surface area contributed by atoms with E-state index in [9.17, 15) is 9.59 Å². The van der Waals surface area contributed by atoms with Crippen LogP contribution < -0.4 is 10.9 Å². The smallest absolute Gasteiger partial charge is 0.274 e. The number of fused-ring (bicyclic) bond motifs is 1. The van der Waals surface area contributed by atoms with E-state index < -0.39 is 0 Å². The average molecular weight is 415 g/mol. The number of benzene rings is 2. The summed E-state index contributed by atoms with van der Waals surface area (Å²) in [5, 5.41) is 16.5. The second kappa shape index (κ2) is 8.35. The van der Waals surface area contributed by atoms with Crippen molar-refractivity contribution < 1.29 is 9.21 Å². The van der Waals surface area contributed by atoms with Crippen LogP contribution in [-0.2, 0) is 0 Å². The number of hydrogen-bond acceptors (Lipinski definition) is 6. The molecule has 156 valence electrons. The van der Waals surface area contributed by atoms with Crippen LogP contribution >= 0.6 is 0 Å². The summed E-state index contributed by atoms with van der Waals surface area (Å²) < 4.78 is 7.22. The molecule has 1 amide bonds. The largest absolute Gasteiger partial charge is 0.415 e. The maximum Gasteiger partial charge on any atom is 0.274 e. The van der Waals surface area contributed by atoms with E-state index in [2.05, 4.69) is 20.6 Å². The van der Waals surface area contributed by atoms with Crippen LogP contribution in [0.15, 0.2) is 57.7 Å². The Kier molecular flexibility index (Phi) is 5.44. The van der Waals surface area contributed by atoms with Gasteiger partial charge in [0.15, 0.2) is 5.69 Å². The highest BCUT2D eigenvalue weighted by Gasteiger charge is 2.17. The highest BCUT2D eigenvalue weighted by atomic mass is 16.4. The zero-order valence-corrected chi connectivity index (χ0v) is 17.4. The van der Waals surface area contributed by atoms with Gasteiger partial charge in [0.05, 0.1) is 11.4 Å². The predicted molar refractivity (Wildman–Crippen MR) is 118 cm³/mol. The molecule has 2 aromatic heterocycles. The topological polar surface area (TPSA) is 103 Å². The molecule has 0 saturated heterocycles. The van der Waals surface area contributed by atoms with E-state index in [0.29, 0.717) is 27.9 Å². The van der Waals surface area contributed by atoms with Gasteiger partial charge < -0.3 is 9.73 Å². The number of nitrogens with zero attached hydrogens (tertiary/aromatic N) is 4. The highest BCUT2D eigenvalue weighted by Crippen LogP contribution is 2.24. The molecule has 0 saturated carbocycles. The van der Waals surface area contributed by atoms with Crippen molar-refractivity contribution in [2.24, 2.45) is 0 Å². The van der Waals surface area contributed by atoms with Gasteiger partial charge in [-0.2, -0.15) is 5.10 Å². The summed E-state index contributed by atoms with van der Waals surface area (Å²) in [7, 11) is 1.59. The Morgan fingerprint density at radius 2 is 1.74 bits per heavy atom. The standard InChI is InChI=1S/C23H21N5O3/c1-14(2)28-23(30)18-7-5-4-6-17(18)20(27-28)22-26-25-19(31-22)13-10-15-8-11-16(12-9-15)21(29)24-3/h4-14H,1-3H3,(H,24,29)/b13-10+. The minimum absolute atomic E-state index is 0.115. The molecule has 31 heavy (non-hydrogen) atoms. The summed E-state index contributed by atoms with van der Waals surface area (Å²) in [6, 6.07) is 14.3. The van der Waals surface area contributed by atoms with Crippen molar-refractivity contribution in [1.82, 2.24) is 25.3 Å². The van der Waals surface area contributed by atoms with Crippen molar-refractivity contribution in [3.8, 4) is 11.6 Å². The lowest BCUT2D eigenvalue weighted by molar-refractivity contribution is 0.0963. The Bertz CT molecular complexity index is 1330. The quantitative estimate of drug-likeness (QED) is 0.535. The van der Waals surface area contributed by atoms with Crippen molar-refractivity contribution in [3.63, 3.8) is 0 Å². The van der Waals surface area contributed by atoms with Gasteiger partial charge in [-0.15, -0.1) is 10.2 Å². The number of nitrogens with one attached hydrogen (secondary N) is 1. The van der Waals surface area contributed by atoms with Crippen molar-refractivity contribution in [3.05, 3.63) is 75.9 Å². The molecule has 2 heterocycles. The van der Waals surface area contributed by atoms with E-state index in [1.807, 2.05) is 50.3 Å². The van der Waals surface area contributed by atoms with E-state index in [1.165, 1.54) is 4.68 Å². The van der Waals surface area contributed by atoms with E-state index in [4.69, 9.17) is 4.42 Å². The van der Waals surface area contributed by atoms with Gasteiger partial charge in [0.2, 0.25) is 5.89 Å². The van der Waals surface area contributed by atoms with Gasteiger partial charge in [-0.25, -0.2) is 4.68 Å². The molecule has 0 radical (unpaired) electrons. The lowest BCUT2D eigenvalue weighted by Crippen LogP contribution is -2.25. The van der Waals surface area contributed by atoms with E-state index in [1.54, 1.807) is 31.3 Å². The van der Waals surface area contributed by atoms with Gasteiger partial charge in [0.25, 0.3) is 17.4 Å². The van der Waals surface area contributed by atoms with Gasteiger partial charge in [0.1, 0.15) is 0 Å². The Hall–Kier alpha value is -4.07. The second-order valence-corrected chi connectivity index (χ2v) is 7.22. The molecule has 8 nitrogen and oxygen atoms in total. The Balaban J connectivity index is 1.67. The average Bonchev–Trinajstić information content (AvgIpc) is 3.26. The molecule has 0 atom stereocenters. The maximum atomic E-state index is 12.7. The fourth-order valence-electron chi connectivity index (χ4n) is 3.17. The first-order chi connectivity index (χ1) is 15.0. The van der Waals surface area contributed by atoms with Crippen LogP contribution in [0.4, 0.5) is 0 Å². The summed E-state index contributed by atoms with van der Waals surface area (Å²) >= 11 is 0. The van der Waals surface area contributed by atoms with Crippen LogP contribution in [0, 0.1) is 0 Å². The van der Waals surface area contributed by atoms with E-state index in [0.717, 1.165) is 5.56 Å². The van der Waals surface area contributed by atoms with Crippen molar-refractivity contribution in [2.75, 3.05) is 7.05 Å². The highest BCUT2D eigenvalue weighted by molar-refractivity contribution is 5.94. The molecule has 8 heteroatoms. The summed E-state index contributed by atoms with van der Waals surface area (Å²) in [6.45, 7) is 3.79. The molecule has 0 aliphatic carbocycles. The van der Waals surface area contributed by atoms with Gasteiger partial charge >= 0.3 is 0 Å². The van der Waals surface area contributed by atoms with Crippen LogP contribution in [0.1, 0.15) is 41.7 Å².